The third-order valence-electron chi connectivity index (χ3n) is 2.81. The van der Waals surface area contributed by atoms with Gasteiger partial charge in [0.15, 0.2) is 0 Å². The first-order valence-electron chi connectivity index (χ1n) is 5.88. The predicted octanol–water partition coefficient (Wildman–Crippen LogP) is 2.02. The van der Waals surface area contributed by atoms with Gasteiger partial charge in [0.05, 0.1) is 6.04 Å². The van der Waals surface area contributed by atoms with Gasteiger partial charge in [-0.3, -0.25) is 4.79 Å². The van der Waals surface area contributed by atoms with Crippen molar-refractivity contribution in [3.63, 3.8) is 0 Å². The number of allylic oxidation sites excluding steroid dienone is 1. The van der Waals surface area contributed by atoms with E-state index in [-0.39, 0.29) is 30.4 Å². The van der Waals surface area contributed by atoms with Gasteiger partial charge in [-0.25, -0.2) is 0 Å². The lowest BCUT2D eigenvalue weighted by molar-refractivity contribution is -0.123. The summed E-state index contributed by atoms with van der Waals surface area (Å²) in [7, 11) is 0. The third kappa shape index (κ3) is 5.52. The van der Waals surface area contributed by atoms with E-state index in [1.54, 1.807) is 0 Å². The average molecular weight is 247 g/mol. The molecule has 1 fully saturated rings. The molecule has 94 valence electrons. The molecule has 2 atom stereocenters. The van der Waals surface area contributed by atoms with E-state index in [0.29, 0.717) is 0 Å². The topological polar surface area (TPSA) is 41.1 Å². The molecule has 0 radical (unpaired) electrons. The van der Waals surface area contributed by atoms with Crippen LogP contribution in [0.1, 0.15) is 39.0 Å². The van der Waals surface area contributed by atoms with Crippen LogP contribution in [0, 0.1) is 0 Å². The molecule has 0 aromatic rings. The molecule has 2 unspecified atom stereocenters. The number of rotatable bonds is 6. The van der Waals surface area contributed by atoms with Gasteiger partial charge >= 0.3 is 0 Å². The Labute approximate surface area is 104 Å². The first-order chi connectivity index (χ1) is 7.24. The van der Waals surface area contributed by atoms with Crippen molar-refractivity contribution < 1.29 is 4.79 Å². The van der Waals surface area contributed by atoms with Crippen LogP contribution in [0.3, 0.4) is 0 Å². The van der Waals surface area contributed by atoms with Crippen molar-refractivity contribution >= 4 is 18.3 Å². The summed E-state index contributed by atoms with van der Waals surface area (Å²) in [5.41, 5.74) is 0. The zero-order chi connectivity index (χ0) is 11.1. The van der Waals surface area contributed by atoms with Gasteiger partial charge < -0.3 is 10.6 Å². The molecule has 1 amide bonds. The van der Waals surface area contributed by atoms with E-state index in [4.69, 9.17) is 0 Å². The molecule has 1 rings (SSSR count). The van der Waals surface area contributed by atoms with Crippen LogP contribution in [0.2, 0.25) is 0 Å². The van der Waals surface area contributed by atoms with Gasteiger partial charge in [0, 0.05) is 6.04 Å². The van der Waals surface area contributed by atoms with Crippen LogP contribution in [0.25, 0.3) is 0 Å². The summed E-state index contributed by atoms with van der Waals surface area (Å²) in [6, 6.07) is 0.326. The molecule has 2 N–H and O–H groups in total. The van der Waals surface area contributed by atoms with Gasteiger partial charge in [0.25, 0.3) is 0 Å². The van der Waals surface area contributed by atoms with Gasteiger partial charge in [0.1, 0.15) is 0 Å². The average Bonchev–Trinajstić information content (AvgIpc) is 2.70. The fourth-order valence-corrected chi connectivity index (χ4v) is 1.89. The van der Waals surface area contributed by atoms with Crippen LogP contribution in [0.5, 0.6) is 0 Å². The van der Waals surface area contributed by atoms with E-state index in [0.717, 1.165) is 38.6 Å². The smallest absolute Gasteiger partial charge is 0.237 e. The van der Waals surface area contributed by atoms with E-state index in [9.17, 15) is 4.79 Å². The molecule has 0 spiro atoms. The van der Waals surface area contributed by atoms with Crippen molar-refractivity contribution in [2.75, 3.05) is 6.54 Å². The Morgan fingerprint density at radius 1 is 1.69 bits per heavy atom. The fraction of sp³-hybridized carbons (Fsp3) is 0.750. The molecular weight excluding hydrogens is 224 g/mol. The number of hydrogen-bond acceptors (Lipinski definition) is 2. The summed E-state index contributed by atoms with van der Waals surface area (Å²) in [4.78, 5) is 11.7. The minimum absolute atomic E-state index is 0. The Morgan fingerprint density at radius 2 is 2.44 bits per heavy atom. The highest BCUT2D eigenvalue weighted by Gasteiger charge is 2.22. The maximum Gasteiger partial charge on any atom is 0.237 e. The van der Waals surface area contributed by atoms with E-state index in [2.05, 4.69) is 24.1 Å². The number of halogens is 1. The standard InChI is InChI=1S/C12H22N2O.ClH/c1-3-4-5-7-10(2)14-12(15)11-8-6-9-13-11;/h3,10-11,13H,1,4-9H2,2H3,(H,14,15);1H. The number of amides is 1. The van der Waals surface area contributed by atoms with Crippen molar-refractivity contribution in [2.24, 2.45) is 0 Å². The lowest BCUT2D eigenvalue weighted by Gasteiger charge is -2.16. The van der Waals surface area contributed by atoms with Crippen LogP contribution in [-0.4, -0.2) is 24.5 Å². The Morgan fingerprint density at radius 3 is 3.00 bits per heavy atom. The summed E-state index contributed by atoms with van der Waals surface area (Å²) in [5.74, 6) is 0.165. The number of hydrogen-bond donors (Lipinski definition) is 2. The van der Waals surface area contributed by atoms with E-state index in [1.165, 1.54) is 0 Å². The van der Waals surface area contributed by atoms with Gasteiger partial charge in [-0.15, -0.1) is 19.0 Å². The second-order valence-corrected chi connectivity index (χ2v) is 4.28. The summed E-state index contributed by atoms with van der Waals surface area (Å²) in [6.07, 6.45) is 7.18. The van der Waals surface area contributed by atoms with E-state index >= 15 is 0 Å². The predicted molar refractivity (Wildman–Crippen MR) is 69.9 cm³/mol. The first kappa shape index (κ1) is 15.5. The lowest BCUT2D eigenvalue weighted by atomic mass is 10.1. The van der Waals surface area contributed by atoms with Crippen molar-refractivity contribution in [2.45, 2.75) is 51.1 Å². The van der Waals surface area contributed by atoms with Gasteiger partial charge in [-0.2, -0.15) is 0 Å². The Hall–Kier alpha value is -0.540. The fourth-order valence-electron chi connectivity index (χ4n) is 1.89. The molecule has 0 bridgehead atoms. The van der Waals surface area contributed by atoms with Crippen molar-refractivity contribution in [3.05, 3.63) is 12.7 Å². The quantitative estimate of drug-likeness (QED) is 0.556. The number of carbonyl (C=O) groups excluding carboxylic acids is 1. The van der Waals surface area contributed by atoms with Gasteiger partial charge in [0.2, 0.25) is 5.91 Å². The van der Waals surface area contributed by atoms with Crippen LogP contribution in [-0.2, 0) is 4.79 Å². The maximum absolute atomic E-state index is 11.7. The van der Waals surface area contributed by atoms with Crippen molar-refractivity contribution in [1.82, 2.24) is 10.6 Å². The highest BCUT2D eigenvalue weighted by molar-refractivity contribution is 5.85. The molecular formula is C12H23ClN2O. The van der Waals surface area contributed by atoms with Gasteiger partial charge in [-0.05, 0) is 45.6 Å². The molecule has 1 aliphatic heterocycles. The summed E-state index contributed by atoms with van der Waals surface area (Å²) in [5, 5.41) is 6.25. The second kappa shape index (κ2) is 8.59. The molecule has 1 heterocycles. The zero-order valence-electron chi connectivity index (χ0n) is 10.00. The van der Waals surface area contributed by atoms with Crippen LogP contribution in [0.4, 0.5) is 0 Å². The second-order valence-electron chi connectivity index (χ2n) is 4.28. The molecule has 1 saturated heterocycles. The largest absolute Gasteiger partial charge is 0.352 e. The van der Waals surface area contributed by atoms with Crippen molar-refractivity contribution in [1.29, 1.82) is 0 Å². The molecule has 4 heteroatoms. The third-order valence-corrected chi connectivity index (χ3v) is 2.81. The highest BCUT2D eigenvalue weighted by atomic mass is 35.5. The number of nitrogens with one attached hydrogen (secondary N) is 2. The first-order valence-corrected chi connectivity index (χ1v) is 5.88. The van der Waals surface area contributed by atoms with E-state index in [1.807, 2.05) is 6.08 Å². The normalized spacial score (nSPS) is 20.9. The Balaban J connectivity index is 0.00000225. The van der Waals surface area contributed by atoms with E-state index < -0.39 is 0 Å². The molecule has 0 aromatic heterocycles. The number of unbranched alkanes of at least 4 members (excludes halogenated alkanes) is 1. The summed E-state index contributed by atoms with van der Waals surface area (Å²) >= 11 is 0. The van der Waals surface area contributed by atoms with Gasteiger partial charge in [-0.1, -0.05) is 6.08 Å². The molecule has 0 saturated carbocycles. The minimum Gasteiger partial charge on any atom is -0.352 e. The van der Waals surface area contributed by atoms with Crippen LogP contribution >= 0.6 is 12.4 Å². The molecule has 0 aromatic carbocycles. The highest BCUT2D eigenvalue weighted by Crippen LogP contribution is 2.06. The summed E-state index contributed by atoms with van der Waals surface area (Å²) in [6.45, 7) is 6.72. The monoisotopic (exact) mass is 246 g/mol. The SMILES string of the molecule is C=CCCCC(C)NC(=O)C1CCCN1.Cl. The van der Waals surface area contributed by atoms with Crippen LogP contribution < -0.4 is 10.6 Å². The molecule has 3 nitrogen and oxygen atoms in total. The minimum atomic E-state index is 0. The molecule has 1 aliphatic rings. The molecule has 0 aliphatic carbocycles. The Bertz CT molecular complexity index is 215. The summed E-state index contributed by atoms with van der Waals surface area (Å²) < 4.78 is 0. The maximum atomic E-state index is 11.7. The lowest BCUT2D eigenvalue weighted by Crippen LogP contribution is -2.44. The molecule has 16 heavy (non-hydrogen) atoms. The number of carbonyl (C=O) groups is 1. The Kier molecular flexibility index (Phi) is 8.30. The van der Waals surface area contributed by atoms with Crippen LogP contribution in [0.15, 0.2) is 12.7 Å². The zero-order valence-corrected chi connectivity index (χ0v) is 10.8. The van der Waals surface area contributed by atoms with Crippen molar-refractivity contribution in [3.8, 4) is 0 Å².